The van der Waals surface area contributed by atoms with E-state index in [1.165, 1.54) is 51.9 Å². The third-order valence-electron chi connectivity index (χ3n) is 3.78. The second-order valence-electron chi connectivity index (χ2n) is 5.56. The lowest BCUT2D eigenvalue weighted by molar-refractivity contribution is -0.142. The summed E-state index contributed by atoms with van der Waals surface area (Å²) in [5, 5.41) is 0. The molecule has 0 radical (unpaired) electrons. The SMILES string of the molecule is CC(=O)OCCOCCOCCCCC1CCCCC1. The van der Waals surface area contributed by atoms with E-state index in [4.69, 9.17) is 14.2 Å². The lowest BCUT2D eigenvalue weighted by Crippen LogP contribution is -2.11. The molecule has 0 aromatic heterocycles. The minimum atomic E-state index is -0.261. The number of rotatable bonds is 11. The maximum absolute atomic E-state index is 10.5. The smallest absolute Gasteiger partial charge is 0.302 e. The second-order valence-corrected chi connectivity index (χ2v) is 5.56. The molecule has 0 heterocycles. The predicted octanol–water partition coefficient (Wildman–Crippen LogP) is 3.33. The lowest BCUT2D eigenvalue weighted by Gasteiger charge is -2.21. The molecule has 0 amide bonds. The summed E-state index contributed by atoms with van der Waals surface area (Å²) in [6, 6.07) is 0. The molecular formula is C16H30O4. The van der Waals surface area contributed by atoms with E-state index in [0.717, 1.165) is 18.9 Å². The van der Waals surface area contributed by atoms with Gasteiger partial charge in [-0.25, -0.2) is 0 Å². The second kappa shape index (κ2) is 12.2. The minimum Gasteiger partial charge on any atom is -0.463 e. The van der Waals surface area contributed by atoms with Crippen LogP contribution in [0.25, 0.3) is 0 Å². The van der Waals surface area contributed by atoms with Gasteiger partial charge in [-0.1, -0.05) is 44.9 Å². The summed E-state index contributed by atoms with van der Waals surface area (Å²) in [5.74, 6) is 0.719. The molecule has 0 spiro atoms. The lowest BCUT2D eigenvalue weighted by atomic mass is 9.86. The van der Waals surface area contributed by atoms with Crippen LogP contribution in [0.3, 0.4) is 0 Å². The van der Waals surface area contributed by atoms with Gasteiger partial charge in [-0.3, -0.25) is 4.79 Å². The molecule has 0 aromatic rings. The Balaban J connectivity index is 1.73. The van der Waals surface area contributed by atoms with Crippen LogP contribution in [0, 0.1) is 5.92 Å². The highest BCUT2D eigenvalue weighted by molar-refractivity contribution is 5.65. The largest absolute Gasteiger partial charge is 0.463 e. The molecule has 1 fully saturated rings. The van der Waals surface area contributed by atoms with Gasteiger partial charge in [0, 0.05) is 13.5 Å². The highest BCUT2D eigenvalue weighted by atomic mass is 16.6. The number of hydrogen-bond donors (Lipinski definition) is 0. The number of hydrogen-bond acceptors (Lipinski definition) is 4. The van der Waals surface area contributed by atoms with Crippen LogP contribution in [-0.4, -0.2) is 39.0 Å². The van der Waals surface area contributed by atoms with Crippen LogP contribution in [0.5, 0.6) is 0 Å². The van der Waals surface area contributed by atoms with Gasteiger partial charge in [0.25, 0.3) is 0 Å². The van der Waals surface area contributed by atoms with Crippen molar-refractivity contribution in [3.05, 3.63) is 0 Å². The zero-order chi connectivity index (χ0) is 14.5. The van der Waals surface area contributed by atoms with Gasteiger partial charge in [-0.15, -0.1) is 0 Å². The van der Waals surface area contributed by atoms with E-state index in [-0.39, 0.29) is 5.97 Å². The Bertz CT molecular complexity index is 237. The van der Waals surface area contributed by atoms with Gasteiger partial charge in [-0.2, -0.15) is 0 Å². The van der Waals surface area contributed by atoms with Gasteiger partial charge >= 0.3 is 5.97 Å². The van der Waals surface area contributed by atoms with Crippen LogP contribution in [0.2, 0.25) is 0 Å². The Morgan fingerprint density at radius 2 is 1.55 bits per heavy atom. The third-order valence-corrected chi connectivity index (χ3v) is 3.78. The first-order valence-electron chi connectivity index (χ1n) is 8.08. The molecule has 1 rings (SSSR count). The van der Waals surface area contributed by atoms with Crippen molar-refractivity contribution < 1.29 is 19.0 Å². The number of esters is 1. The maximum atomic E-state index is 10.5. The molecule has 0 bridgehead atoms. The zero-order valence-corrected chi connectivity index (χ0v) is 12.9. The molecule has 0 N–H and O–H groups in total. The molecule has 118 valence electrons. The van der Waals surface area contributed by atoms with Crippen molar-refractivity contribution in [1.29, 1.82) is 0 Å². The average Bonchev–Trinajstić information content (AvgIpc) is 2.45. The van der Waals surface area contributed by atoms with Crippen molar-refractivity contribution in [2.24, 2.45) is 5.92 Å². The van der Waals surface area contributed by atoms with Gasteiger partial charge in [0.15, 0.2) is 0 Å². The standard InChI is InChI=1S/C16H30O4/c1-15(17)20-14-13-19-12-11-18-10-6-5-9-16-7-3-2-4-8-16/h16H,2-14H2,1H3. The highest BCUT2D eigenvalue weighted by Gasteiger charge is 2.12. The molecular weight excluding hydrogens is 256 g/mol. The van der Waals surface area contributed by atoms with Crippen molar-refractivity contribution in [3.8, 4) is 0 Å². The van der Waals surface area contributed by atoms with Crippen molar-refractivity contribution in [2.75, 3.05) is 33.0 Å². The van der Waals surface area contributed by atoms with Crippen molar-refractivity contribution in [1.82, 2.24) is 0 Å². The summed E-state index contributed by atoms with van der Waals surface area (Å²) in [6.45, 7) is 4.21. The van der Waals surface area contributed by atoms with E-state index in [9.17, 15) is 4.79 Å². The fraction of sp³-hybridized carbons (Fsp3) is 0.938. The Morgan fingerprint density at radius 1 is 0.900 bits per heavy atom. The molecule has 4 nitrogen and oxygen atoms in total. The fourth-order valence-electron chi connectivity index (χ4n) is 2.68. The van der Waals surface area contributed by atoms with Gasteiger partial charge in [0.2, 0.25) is 0 Å². The summed E-state index contributed by atoms with van der Waals surface area (Å²) in [7, 11) is 0. The van der Waals surface area contributed by atoms with E-state index in [0.29, 0.717) is 26.4 Å². The maximum Gasteiger partial charge on any atom is 0.302 e. The topological polar surface area (TPSA) is 44.8 Å². The van der Waals surface area contributed by atoms with Crippen LogP contribution >= 0.6 is 0 Å². The first kappa shape index (κ1) is 17.4. The molecule has 1 aliphatic carbocycles. The van der Waals surface area contributed by atoms with Crippen LogP contribution in [0.1, 0.15) is 58.3 Å². The molecule has 1 aliphatic rings. The Kier molecular flexibility index (Phi) is 10.6. The van der Waals surface area contributed by atoms with Crippen LogP contribution in [-0.2, 0) is 19.0 Å². The average molecular weight is 286 g/mol. The monoisotopic (exact) mass is 286 g/mol. The Hall–Kier alpha value is -0.610. The quantitative estimate of drug-likeness (QED) is 0.432. The summed E-state index contributed by atoms with van der Waals surface area (Å²) in [4.78, 5) is 10.5. The van der Waals surface area contributed by atoms with Crippen molar-refractivity contribution in [3.63, 3.8) is 0 Å². The van der Waals surface area contributed by atoms with Gasteiger partial charge < -0.3 is 14.2 Å². The molecule has 4 heteroatoms. The van der Waals surface area contributed by atoms with E-state index in [1.807, 2.05) is 0 Å². The molecule has 0 saturated heterocycles. The summed E-state index contributed by atoms with van der Waals surface area (Å²) in [5.41, 5.74) is 0. The highest BCUT2D eigenvalue weighted by Crippen LogP contribution is 2.27. The van der Waals surface area contributed by atoms with E-state index in [2.05, 4.69) is 0 Å². The molecule has 1 saturated carbocycles. The first-order valence-corrected chi connectivity index (χ1v) is 8.08. The molecule has 0 atom stereocenters. The Morgan fingerprint density at radius 3 is 2.25 bits per heavy atom. The van der Waals surface area contributed by atoms with Gasteiger partial charge in [0.1, 0.15) is 6.61 Å². The van der Waals surface area contributed by atoms with Crippen molar-refractivity contribution >= 4 is 5.97 Å². The number of carbonyl (C=O) groups excluding carboxylic acids is 1. The summed E-state index contributed by atoms with van der Waals surface area (Å²) < 4.78 is 15.6. The van der Waals surface area contributed by atoms with Gasteiger partial charge in [0.05, 0.1) is 19.8 Å². The minimum absolute atomic E-state index is 0.261. The van der Waals surface area contributed by atoms with Crippen LogP contribution in [0.15, 0.2) is 0 Å². The van der Waals surface area contributed by atoms with E-state index < -0.39 is 0 Å². The van der Waals surface area contributed by atoms with Crippen molar-refractivity contribution in [2.45, 2.75) is 58.3 Å². The van der Waals surface area contributed by atoms with Gasteiger partial charge in [-0.05, 0) is 12.3 Å². The molecule has 20 heavy (non-hydrogen) atoms. The Labute approximate surface area is 123 Å². The van der Waals surface area contributed by atoms with E-state index in [1.54, 1.807) is 0 Å². The number of ether oxygens (including phenoxy) is 3. The predicted molar refractivity (Wildman–Crippen MR) is 78.7 cm³/mol. The number of unbranched alkanes of at least 4 members (excludes halogenated alkanes) is 1. The molecule has 0 aromatic carbocycles. The summed E-state index contributed by atoms with van der Waals surface area (Å²) in [6.07, 6.45) is 11.0. The first-order chi connectivity index (χ1) is 9.79. The molecule has 0 aliphatic heterocycles. The zero-order valence-electron chi connectivity index (χ0n) is 12.9. The summed E-state index contributed by atoms with van der Waals surface area (Å²) >= 11 is 0. The molecule has 0 unspecified atom stereocenters. The number of carbonyl (C=O) groups is 1. The third kappa shape index (κ3) is 10.2. The van der Waals surface area contributed by atoms with E-state index >= 15 is 0 Å². The van der Waals surface area contributed by atoms with Crippen LogP contribution in [0.4, 0.5) is 0 Å². The van der Waals surface area contributed by atoms with Crippen LogP contribution < -0.4 is 0 Å². The normalized spacial score (nSPS) is 16.2. The fourth-order valence-corrected chi connectivity index (χ4v) is 2.68.